The number of phenolic OH excluding ortho intramolecular Hbond substituents is 2. The fourth-order valence-corrected chi connectivity index (χ4v) is 2.33. The van der Waals surface area contributed by atoms with Crippen LogP contribution in [0.25, 0.3) is 0 Å². The van der Waals surface area contributed by atoms with Gasteiger partial charge in [-0.25, -0.2) is 0 Å². The van der Waals surface area contributed by atoms with E-state index in [2.05, 4.69) is 5.32 Å². The predicted molar refractivity (Wildman–Crippen MR) is 70.0 cm³/mol. The molecule has 1 aromatic heterocycles. The number of aromatic hydroxyl groups is 2. The van der Waals surface area contributed by atoms with Crippen molar-refractivity contribution in [2.75, 3.05) is 0 Å². The SMILES string of the molecule is CC(NC(=O)c1ccc(O)cc1O)c1cccs1. The fraction of sp³-hybridized carbons (Fsp3) is 0.154. The molecular weight excluding hydrogens is 250 g/mol. The number of amides is 1. The standard InChI is InChI=1S/C13H13NO3S/c1-8(12-3-2-6-18-12)14-13(17)10-5-4-9(15)7-11(10)16/h2-8,15-16H,1H3,(H,14,17). The molecule has 0 fully saturated rings. The van der Waals surface area contributed by atoms with Gasteiger partial charge in [0.05, 0.1) is 11.6 Å². The predicted octanol–water partition coefficient (Wildman–Crippen LogP) is 2.65. The zero-order valence-corrected chi connectivity index (χ0v) is 10.6. The Labute approximate surface area is 109 Å². The Kier molecular flexibility index (Phi) is 3.53. The summed E-state index contributed by atoms with van der Waals surface area (Å²) in [5, 5.41) is 23.5. The molecular formula is C13H13NO3S. The lowest BCUT2D eigenvalue weighted by Gasteiger charge is -2.13. The van der Waals surface area contributed by atoms with E-state index >= 15 is 0 Å². The third kappa shape index (κ3) is 2.62. The lowest BCUT2D eigenvalue weighted by atomic mass is 10.1. The van der Waals surface area contributed by atoms with Crippen LogP contribution in [0.1, 0.15) is 28.2 Å². The molecule has 94 valence electrons. The molecule has 0 spiro atoms. The zero-order chi connectivity index (χ0) is 13.1. The second-order valence-electron chi connectivity index (χ2n) is 3.91. The molecule has 2 aromatic rings. The van der Waals surface area contributed by atoms with Crippen molar-refractivity contribution < 1.29 is 15.0 Å². The van der Waals surface area contributed by atoms with Gasteiger partial charge in [0.15, 0.2) is 0 Å². The highest BCUT2D eigenvalue weighted by Gasteiger charge is 2.15. The Morgan fingerprint density at radius 2 is 2.11 bits per heavy atom. The van der Waals surface area contributed by atoms with E-state index in [1.165, 1.54) is 12.1 Å². The van der Waals surface area contributed by atoms with Gasteiger partial charge >= 0.3 is 0 Å². The highest BCUT2D eigenvalue weighted by Crippen LogP contribution is 2.24. The minimum atomic E-state index is -0.367. The Hall–Kier alpha value is -2.01. The topological polar surface area (TPSA) is 69.6 Å². The van der Waals surface area contributed by atoms with Gasteiger partial charge in [-0.1, -0.05) is 6.07 Å². The number of benzene rings is 1. The second kappa shape index (κ2) is 5.10. The summed E-state index contributed by atoms with van der Waals surface area (Å²) < 4.78 is 0. The first-order valence-corrected chi connectivity index (χ1v) is 6.32. The molecule has 0 saturated heterocycles. The maximum Gasteiger partial charge on any atom is 0.255 e. The Morgan fingerprint density at radius 3 is 2.72 bits per heavy atom. The summed E-state index contributed by atoms with van der Waals surface area (Å²) in [7, 11) is 0. The summed E-state index contributed by atoms with van der Waals surface area (Å²) in [6.07, 6.45) is 0. The number of rotatable bonds is 3. The summed E-state index contributed by atoms with van der Waals surface area (Å²) in [6, 6.07) is 7.63. The summed E-state index contributed by atoms with van der Waals surface area (Å²) in [5.74, 6) is -0.672. The molecule has 2 rings (SSSR count). The lowest BCUT2D eigenvalue weighted by Crippen LogP contribution is -2.26. The van der Waals surface area contributed by atoms with Crippen molar-refractivity contribution in [3.8, 4) is 11.5 Å². The normalized spacial score (nSPS) is 12.1. The molecule has 4 nitrogen and oxygen atoms in total. The van der Waals surface area contributed by atoms with Crippen LogP contribution in [0.15, 0.2) is 35.7 Å². The average Bonchev–Trinajstić information content (AvgIpc) is 2.81. The highest BCUT2D eigenvalue weighted by atomic mass is 32.1. The van der Waals surface area contributed by atoms with Crippen LogP contribution in [0, 0.1) is 0 Å². The van der Waals surface area contributed by atoms with E-state index < -0.39 is 0 Å². The van der Waals surface area contributed by atoms with Crippen LogP contribution in [-0.2, 0) is 0 Å². The van der Waals surface area contributed by atoms with E-state index in [0.29, 0.717) is 0 Å². The summed E-state index contributed by atoms with van der Waals surface area (Å²) in [6.45, 7) is 1.88. The molecule has 0 saturated carbocycles. The molecule has 1 aromatic carbocycles. The van der Waals surface area contributed by atoms with E-state index in [1.54, 1.807) is 11.3 Å². The summed E-state index contributed by atoms with van der Waals surface area (Å²) in [5.41, 5.74) is 0.149. The molecule has 18 heavy (non-hydrogen) atoms. The average molecular weight is 263 g/mol. The maximum atomic E-state index is 11.9. The number of carbonyl (C=O) groups excluding carboxylic acids is 1. The fourth-order valence-electron chi connectivity index (χ4n) is 1.60. The quantitative estimate of drug-likeness (QED) is 0.797. The van der Waals surface area contributed by atoms with E-state index in [9.17, 15) is 9.90 Å². The number of carbonyl (C=O) groups is 1. The maximum absolute atomic E-state index is 11.9. The molecule has 0 radical (unpaired) electrons. The van der Waals surface area contributed by atoms with Crippen molar-refractivity contribution in [3.05, 3.63) is 46.2 Å². The van der Waals surface area contributed by atoms with Crippen LogP contribution in [0.5, 0.6) is 11.5 Å². The first-order chi connectivity index (χ1) is 8.58. The van der Waals surface area contributed by atoms with Gasteiger partial charge in [0, 0.05) is 10.9 Å². The Morgan fingerprint density at radius 1 is 1.33 bits per heavy atom. The molecule has 1 atom stereocenters. The van der Waals surface area contributed by atoms with Gasteiger partial charge in [-0.3, -0.25) is 4.79 Å². The van der Waals surface area contributed by atoms with Crippen molar-refractivity contribution in [2.24, 2.45) is 0 Å². The van der Waals surface area contributed by atoms with Crippen LogP contribution in [0.2, 0.25) is 0 Å². The van der Waals surface area contributed by atoms with Gasteiger partial charge in [-0.15, -0.1) is 11.3 Å². The van der Waals surface area contributed by atoms with Gasteiger partial charge in [-0.05, 0) is 30.5 Å². The Balaban J connectivity index is 2.12. The van der Waals surface area contributed by atoms with Gasteiger partial charge in [0.25, 0.3) is 5.91 Å². The number of hydrogen-bond donors (Lipinski definition) is 3. The Bertz CT molecular complexity index is 551. The number of nitrogens with one attached hydrogen (secondary N) is 1. The molecule has 1 unspecified atom stereocenters. The van der Waals surface area contributed by atoms with E-state index in [0.717, 1.165) is 10.9 Å². The number of hydrogen-bond acceptors (Lipinski definition) is 4. The molecule has 1 amide bonds. The van der Waals surface area contributed by atoms with Crippen molar-refractivity contribution >= 4 is 17.2 Å². The largest absolute Gasteiger partial charge is 0.508 e. The van der Waals surface area contributed by atoms with Crippen LogP contribution in [0.4, 0.5) is 0 Å². The van der Waals surface area contributed by atoms with Crippen LogP contribution in [-0.4, -0.2) is 16.1 Å². The minimum absolute atomic E-state index is 0.0737. The highest BCUT2D eigenvalue weighted by molar-refractivity contribution is 7.10. The third-order valence-electron chi connectivity index (χ3n) is 2.54. The van der Waals surface area contributed by atoms with E-state index in [1.807, 2.05) is 24.4 Å². The van der Waals surface area contributed by atoms with Crippen molar-refractivity contribution in [3.63, 3.8) is 0 Å². The minimum Gasteiger partial charge on any atom is -0.508 e. The van der Waals surface area contributed by atoms with Gasteiger partial charge in [0.1, 0.15) is 11.5 Å². The van der Waals surface area contributed by atoms with Crippen LogP contribution >= 0.6 is 11.3 Å². The van der Waals surface area contributed by atoms with E-state index in [4.69, 9.17) is 5.11 Å². The van der Waals surface area contributed by atoms with Crippen molar-refractivity contribution in [1.82, 2.24) is 5.32 Å². The summed E-state index contributed by atoms with van der Waals surface area (Å²) in [4.78, 5) is 13.0. The molecule has 0 aliphatic rings. The third-order valence-corrected chi connectivity index (χ3v) is 3.60. The van der Waals surface area contributed by atoms with Crippen molar-refractivity contribution in [2.45, 2.75) is 13.0 Å². The molecule has 5 heteroatoms. The second-order valence-corrected chi connectivity index (χ2v) is 4.89. The first kappa shape index (κ1) is 12.4. The smallest absolute Gasteiger partial charge is 0.255 e. The van der Waals surface area contributed by atoms with Gasteiger partial charge < -0.3 is 15.5 Å². The van der Waals surface area contributed by atoms with Crippen LogP contribution in [0.3, 0.4) is 0 Å². The molecule has 0 aliphatic heterocycles. The first-order valence-electron chi connectivity index (χ1n) is 5.44. The molecule has 3 N–H and O–H groups in total. The van der Waals surface area contributed by atoms with Gasteiger partial charge in [0.2, 0.25) is 0 Å². The number of phenols is 2. The number of thiophene rings is 1. The molecule has 0 aliphatic carbocycles. The van der Waals surface area contributed by atoms with Crippen molar-refractivity contribution in [1.29, 1.82) is 0 Å². The monoisotopic (exact) mass is 263 g/mol. The zero-order valence-electron chi connectivity index (χ0n) is 9.75. The molecule has 0 bridgehead atoms. The van der Waals surface area contributed by atoms with E-state index in [-0.39, 0.29) is 29.0 Å². The van der Waals surface area contributed by atoms with Gasteiger partial charge in [-0.2, -0.15) is 0 Å². The molecule has 1 heterocycles. The van der Waals surface area contributed by atoms with Crippen LogP contribution < -0.4 is 5.32 Å². The lowest BCUT2D eigenvalue weighted by molar-refractivity contribution is 0.0938. The summed E-state index contributed by atoms with van der Waals surface area (Å²) >= 11 is 1.56.